The molecule has 1 amide bonds. The van der Waals surface area contributed by atoms with Gasteiger partial charge >= 0.3 is 30.0 Å². The Morgan fingerprint density at radius 1 is 0.735 bits per heavy atom. The Labute approximate surface area is 487 Å². The van der Waals surface area contributed by atoms with Crippen LogP contribution in [0.25, 0.3) is 0 Å². The first-order chi connectivity index (χ1) is 39.7. The van der Waals surface area contributed by atoms with Crippen molar-refractivity contribution in [2.75, 3.05) is 13.2 Å². The first kappa shape index (κ1) is 63.6. The van der Waals surface area contributed by atoms with Crippen molar-refractivity contribution < 1.29 is 76.9 Å². The molecule has 11 atom stereocenters. The molecule has 1 heterocycles. The number of aliphatic hydroxyl groups is 2. The number of amides is 1. The maximum Gasteiger partial charge on any atom is 0.508 e. The third kappa shape index (κ3) is 14.4. The second kappa shape index (κ2) is 28.6. The molecule has 448 valence electrons. The summed E-state index contributed by atoms with van der Waals surface area (Å²) >= 11 is 0. The van der Waals surface area contributed by atoms with Crippen molar-refractivity contribution in [3.05, 3.63) is 143 Å². The van der Waals surface area contributed by atoms with Crippen LogP contribution in [0.2, 0.25) is 0 Å². The number of fused-ring (bicyclic) bond motifs is 5. The van der Waals surface area contributed by atoms with Crippen molar-refractivity contribution >= 4 is 41.7 Å². The number of carbonyl (C=O) groups excluding carboxylic acids is 7. The highest BCUT2D eigenvalue weighted by Gasteiger charge is 2.79. The van der Waals surface area contributed by atoms with Crippen LogP contribution in [0.15, 0.2) is 126 Å². The van der Waals surface area contributed by atoms with Gasteiger partial charge in [-0.15, -0.1) is 0 Å². The largest absolute Gasteiger partial charge is 0.508 e. The average Bonchev–Trinajstić information content (AvgIpc) is 0.824. The summed E-state index contributed by atoms with van der Waals surface area (Å²) in [6.45, 7) is 10.2. The lowest BCUT2D eigenvalue weighted by molar-refractivity contribution is -0.346. The summed E-state index contributed by atoms with van der Waals surface area (Å²) in [6, 6.07) is 22.9. The normalized spacial score (nSPS) is 26.9. The predicted molar refractivity (Wildman–Crippen MR) is 307 cm³/mol. The number of hydrogen-bond donors (Lipinski definition) is 3. The van der Waals surface area contributed by atoms with Crippen molar-refractivity contribution in [1.29, 1.82) is 0 Å². The monoisotopic (exact) mass is 1150 g/mol. The minimum absolute atomic E-state index is 0.000634. The number of benzene rings is 3. The van der Waals surface area contributed by atoms with Crippen molar-refractivity contribution in [3.8, 4) is 0 Å². The van der Waals surface area contributed by atoms with Gasteiger partial charge in [-0.25, -0.2) is 14.4 Å². The summed E-state index contributed by atoms with van der Waals surface area (Å²) in [6.07, 6.45) is 9.05. The molecule has 17 heteroatoms. The Hall–Kier alpha value is -6.95. The molecule has 0 spiro atoms. The van der Waals surface area contributed by atoms with Gasteiger partial charge in [-0.2, -0.15) is 0 Å². The summed E-state index contributed by atoms with van der Waals surface area (Å²) in [5, 5.41) is 28.9. The van der Waals surface area contributed by atoms with E-state index in [1.807, 2.05) is 0 Å². The number of esters is 4. The first-order valence-corrected chi connectivity index (χ1v) is 29.4. The summed E-state index contributed by atoms with van der Waals surface area (Å²) in [5.74, 6) is -7.10. The number of allylic oxidation sites excluding steroid dienone is 4. The van der Waals surface area contributed by atoms with Crippen molar-refractivity contribution in [2.24, 2.45) is 16.7 Å². The number of ketones is 1. The summed E-state index contributed by atoms with van der Waals surface area (Å²) in [4.78, 5) is 100. The average molecular weight is 1150 g/mol. The minimum atomic E-state index is -2.48. The van der Waals surface area contributed by atoms with Crippen LogP contribution in [0.5, 0.6) is 0 Å². The molecular weight excluding hydrogens is 1060 g/mol. The van der Waals surface area contributed by atoms with E-state index in [4.69, 9.17) is 33.2 Å². The topological polar surface area (TPSA) is 237 Å². The second-order valence-electron chi connectivity index (χ2n) is 23.1. The van der Waals surface area contributed by atoms with Crippen LogP contribution < -0.4 is 5.32 Å². The molecular formula is C66H83NO16. The Kier molecular flexibility index (Phi) is 21.9. The van der Waals surface area contributed by atoms with Crippen LogP contribution in [0, 0.1) is 16.7 Å². The fourth-order valence-electron chi connectivity index (χ4n) is 12.7. The van der Waals surface area contributed by atoms with Crippen LogP contribution in [0.4, 0.5) is 4.79 Å². The zero-order valence-electron chi connectivity index (χ0n) is 49.0. The molecule has 2 bridgehead atoms. The van der Waals surface area contributed by atoms with Crippen molar-refractivity contribution in [2.45, 2.75) is 192 Å². The number of rotatable bonds is 26. The number of unbranched alkanes of at least 4 members (excludes halogenated alkanes) is 9. The molecule has 3 N–H and O–H groups in total. The van der Waals surface area contributed by atoms with E-state index in [1.165, 1.54) is 45.2 Å². The molecule has 3 aromatic rings. The molecule has 3 aromatic carbocycles. The van der Waals surface area contributed by atoms with Gasteiger partial charge < -0.3 is 48.7 Å². The zero-order chi connectivity index (χ0) is 60.0. The number of nitrogens with one attached hydrogen (secondary N) is 1. The Balaban J connectivity index is 1.20. The molecule has 2 saturated carbocycles. The maximum absolute atomic E-state index is 16.3. The van der Waals surface area contributed by atoms with Gasteiger partial charge in [0.1, 0.15) is 30.0 Å². The molecule has 83 heavy (non-hydrogen) atoms. The van der Waals surface area contributed by atoms with Crippen LogP contribution in [-0.4, -0.2) is 113 Å². The van der Waals surface area contributed by atoms with E-state index < -0.39 is 119 Å². The van der Waals surface area contributed by atoms with Gasteiger partial charge in [-0.1, -0.05) is 150 Å². The van der Waals surface area contributed by atoms with E-state index in [9.17, 15) is 39.0 Å². The van der Waals surface area contributed by atoms with E-state index in [0.717, 1.165) is 65.2 Å². The fourth-order valence-corrected chi connectivity index (χ4v) is 12.7. The van der Waals surface area contributed by atoms with Crippen LogP contribution >= 0.6 is 0 Å². The third-order valence-corrected chi connectivity index (χ3v) is 17.3. The third-order valence-electron chi connectivity index (χ3n) is 17.3. The number of Topliss-reactive ketones (excluding diaryl/α,β-unsaturated/α-hetero) is 1. The molecule has 4 aliphatic rings. The Bertz CT molecular complexity index is 2830. The second-order valence-corrected chi connectivity index (χ2v) is 23.1. The zero-order valence-corrected chi connectivity index (χ0v) is 49.0. The fraction of sp³-hybridized carbons (Fsp3) is 0.530. The van der Waals surface area contributed by atoms with Crippen molar-refractivity contribution in [3.63, 3.8) is 0 Å². The van der Waals surface area contributed by atoms with Gasteiger partial charge in [0, 0.05) is 37.7 Å². The summed E-state index contributed by atoms with van der Waals surface area (Å²) < 4.78 is 43.1. The SMILES string of the molecule is CCCCCC=CCC=CCCCCCCCCOC(=O)O[C@H]1C[C@H]2OC[C@@]2(OC(C)=O)[C@H]2[C@H](OC(=O)c3ccccc3)[C@]3(O)C[C@H](OC(=O)[C@H](O)[C@@H](NC(=O)c4ccccc4)c4ccccc4)C(C)=C([C@@H](OC(C)=O)C(=O)[C@]12C)C3(C)C. The standard InChI is InChI=1S/C66H83NO16/c1-8-9-10-11-12-13-14-15-16-17-18-19-20-21-22-32-39-77-62(75)81-50-40-51-65(42-78-51,83-45(4)69)56-58(82-60(73)48-37-30-25-31-38-48)66(76)41-49(43(2)52(63(66,5)6)55(79-44(3)68)57(71)64(50,56)7)80-61(74)54(70)53(46-33-26-23-27-34-46)67-59(72)47-35-28-24-29-36-47/h12-13,15-16,23-31,33-38,49-51,53-56,58,70,76H,8-11,14,17-22,32,39-42H2,1-7H3,(H,67,72)/t49-,50-,51+,53-,54+,55+,56-,58-,64+,65-,66+/m0/s1. The van der Waals surface area contributed by atoms with E-state index in [2.05, 4.69) is 36.5 Å². The van der Waals surface area contributed by atoms with Crippen LogP contribution in [-0.2, 0) is 52.3 Å². The van der Waals surface area contributed by atoms with E-state index in [-0.39, 0.29) is 41.9 Å². The molecule has 3 aliphatic carbocycles. The van der Waals surface area contributed by atoms with E-state index in [1.54, 1.807) is 92.7 Å². The van der Waals surface area contributed by atoms with Gasteiger partial charge in [0.15, 0.2) is 23.6 Å². The lowest BCUT2D eigenvalue weighted by Crippen LogP contribution is -2.82. The number of ether oxygens (including phenoxy) is 7. The van der Waals surface area contributed by atoms with Gasteiger partial charge in [0.2, 0.25) is 0 Å². The Morgan fingerprint density at radius 2 is 1.33 bits per heavy atom. The van der Waals surface area contributed by atoms with Crippen LogP contribution in [0.1, 0.15) is 171 Å². The van der Waals surface area contributed by atoms with Gasteiger partial charge in [0.25, 0.3) is 5.91 Å². The highest BCUT2D eigenvalue weighted by molar-refractivity contribution is 5.96. The number of aliphatic hydroxyl groups excluding tert-OH is 1. The lowest BCUT2D eigenvalue weighted by atomic mass is 9.44. The quantitative estimate of drug-likeness (QED) is 0.0293. The molecule has 0 aromatic heterocycles. The molecule has 1 saturated heterocycles. The van der Waals surface area contributed by atoms with Crippen LogP contribution in [0.3, 0.4) is 0 Å². The van der Waals surface area contributed by atoms with Gasteiger partial charge in [0.05, 0.1) is 36.2 Å². The predicted octanol–water partition coefficient (Wildman–Crippen LogP) is 10.7. The number of hydrogen-bond acceptors (Lipinski definition) is 16. The Morgan fingerprint density at radius 3 is 1.92 bits per heavy atom. The maximum atomic E-state index is 16.3. The van der Waals surface area contributed by atoms with E-state index >= 15 is 4.79 Å². The number of carbonyl (C=O) groups is 7. The molecule has 3 fully saturated rings. The van der Waals surface area contributed by atoms with E-state index in [0.29, 0.717) is 12.0 Å². The summed E-state index contributed by atoms with van der Waals surface area (Å²) in [5.41, 5.74) is -7.53. The highest BCUT2D eigenvalue weighted by atomic mass is 16.7. The van der Waals surface area contributed by atoms with Gasteiger partial charge in [-0.3, -0.25) is 19.2 Å². The van der Waals surface area contributed by atoms with Gasteiger partial charge in [-0.05, 0) is 93.3 Å². The van der Waals surface area contributed by atoms with Crippen molar-refractivity contribution in [1.82, 2.24) is 5.32 Å². The first-order valence-electron chi connectivity index (χ1n) is 29.4. The lowest BCUT2D eigenvalue weighted by Gasteiger charge is -2.67. The molecule has 0 unspecified atom stereocenters. The molecule has 0 radical (unpaired) electrons. The minimum Gasteiger partial charge on any atom is -0.456 e. The summed E-state index contributed by atoms with van der Waals surface area (Å²) in [7, 11) is 0. The highest BCUT2D eigenvalue weighted by Crippen LogP contribution is 2.65. The molecule has 1 aliphatic heterocycles. The molecule has 17 nitrogen and oxygen atoms in total. The smallest absolute Gasteiger partial charge is 0.456 e. The molecule has 7 rings (SSSR count).